The van der Waals surface area contributed by atoms with Crippen LogP contribution in [0.15, 0.2) is 0 Å². The number of aliphatic carboxylic acids is 2. The van der Waals surface area contributed by atoms with Crippen LogP contribution >= 0.6 is 0 Å². The molecule has 0 radical (unpaired) electrons. The van der Waals surface area contributed by atoms with Crippen LogP contribution < -0.4 is 165 Å². The van der Waals surface area contributed by atoms with Crippen LogP contribution in [0.5, 0.6) is 0 Å². The van der Waals surface area contributed by atoms with E-state index in [1.54, 1.807) is 0 Å². The summed E-state index contributed by atoms with van der Waals surface area (Å²) in [6.45, 7) is -0.354. The number of hydrogen-bond donors (Lipinski definition) is 2. The second-order valence-electron chi connectivity index (χ2n) is 14.5. The number of carboxylic acids is 2. The van der Waals surface area contributed by atoms with Crippen LogP contribution in [-0.4, -0.2) is 206 Å². The molecule has 0 aromatic carbocycles. The van der Waals surface area contributed by atoms with Crippen LogP contribution in [-0.2, 0) is 101 Å². The predicted molar refractivity (Wildman–Crippen MR) is 176 cm³/mol. The maximum Gasteiger partial charge on any atom is 1.00 e. The summed E-state index contributed by atoms with van der Waals surface area (Å²) >= 11 is 0. The number of carboxylic acid groups (broad SMARTS) is 2. The maximum atomic E-state index is 14.1. The van der Waals surface area contributed by atoms with Crippen LogP contribution in [0.2, 0.25) is 0 Å². The van der Waals surface area contributed by atoms with Gasteiger partial charge in [-0.1, -0.05) is 12.2 Å². The monoisotopic (exact) mass is 1110 g/mol. The summed E-state index contributed by atoms with van der Waals surface area (Å²) in [6.07, 6.45) is -44.3. The first-order valence-electron chi connectivity index (χ1n) is 18.5. The summed E-state index contributed by atoms with van der Waals surface area (Å²) in [4.78, 5) is 48.8. The van der Waals surface area contributed by atoms with Crippen LogP contribution in [0.25, 0.3) is 0 Å². The molecule has 2 amide bonds. The second kappa shape index (κ2) is 29.6. The third-order valence-corrected chi connectivity index (χ3v) is 11.2. The maximum absolute atomic E-state index is 14.1. The Bertz CT molecular complexity index is 2080. The van der Waals surface area contributed by atoms with Crippen LogP contribution in [0.4, 0.5) is 0 Å². The molecule has 4 rings (SSSR count). The van der Waals surface area contributed by atoms with Crippen molar-refractivity contribution in [1.82, 2.24) is 10.6 Å². The average Bonchev–Trinajstić information content (AvgIpc) is 3.17. The fourth-order valence-corrected chi connectivity index (χ4v) is 8.26. The SMILES string of the molecule is COC1C(COS(=O)(=O)[O-])OC(OC2C(C(=O)[O-])OC(OC3C(COS(=O)(=O)[O-])OC(OC4C(C(=O)[O-])OC(C)C([O-])C4[O-])C(NC(C)=O)C3[O-])C([O-])C2[O-])C(NC(C)=O)C1OS(=O)(=O)[O-].[Na+].[Na+].[Na+].[Na+]. The Balaban J connectivity index is 0.0000119. The molecular formula is C30H38N2Na4O31S3-6. The van der Waals surface area contributed by atoms with Gasteiger partial charge in [0.25, 0.3) is 0 Å². The van der Waals surface area contributed by atoms with Gasteiger partial charge in [0.2, 0.25) is 43.0 Å². The zero-order valence-corrected chi connectivity index (χ0v) is 48.3. The first kappa shape index (κ1) is 71.0. The Morgan fingerprint density at radius 1 is 0.514 bits per heavy atom. The average molecular weight is 1110 g/mol. The largest absolute Gasteiger partial charge is 1.00 e. The number of rotatable bonds is 19. The molecule has 0 saturated carbocycles. The van der Waals surface area contributed by atoms with Gasteiger partial charge in [0.1, 0.15) is 49.0 Å². The number of amides is 2. The van der Waals surface area contributed by atoms with E-state index >= 15 is 0 Å². The Labute approximate surface area is 486 Å². The van der Waals surface area contributed by atoms with Crippen molar-refractivity contribution in [2.75, 3.05) is 20.3 Å². The molecule has 4 heterocycles. The van der Waals surface area contributed by atoms with E-state index in [0.717, 1.165) is 27.9 Å². The molecule has 0 aliphatic carbocycles. The molecule has 40 heteroatoms. The van der Waals surface area contributed by atoms with Crippen LogP contribution in [0.3, 0.4) is 0 Å². The number of methoxy groups -OCH3 is 1. The fourth-order valence-electron chi connectivity index (χ4n) is 7.16. The quantitative estimate of drug-likeness (QED) is 0.0689. The number of hydrogen-bond acceptors (Lipinski definition) is 31. The van der Waals surface area contributed by atoms with Crippen molar-refractivity contribution in [3.05, 3.63) is 0 Å². The van der Waals surface area contributed by atoms with Gasteiger partial charge in [0.05, 0.1) is 49.5 Å². The Kier molecular flexibility index (Phi) is 30.0. The molecular weight excluding hydrogens is 1070 g/mol. The molecule has 20 unspecified atom stereocenters. The van der Waals surface area contributed by atoms with E-state index in [1.165, 1.54) is 0 Å². The van der Waals surface area contributed by atoms with E-state index in [1.807, 2.05) is 10.6 Å². The first-order chi connectivity index (χ1) is 30.3. The number of ether oxygens (including phenoxy) is 8. The van der Waals surface area contributed by atoms with Gasteiger partial charge < -0.3 is 108 Å². The van der Waals surface area contributed by atoms with Crippen LogP contribution in [0, 0.1) is 0 Å². The van der Waals surface area contributed by atoms with Crippen molar-refractivity contribution in [3.63, 3.8) is 0 Å². The predicted octanol–water partition coefficient (Wildman–Crippen LogP) is -26.9. The van der Waals surface area contributed by atoms with Gasteiger partial charge in [-0.25, -0.2) is 25.3 Å². The smallest absolute Gasteiger partial charge is 0.851 e. The van der Waals surface area contributed by atoms with Crippen molar-refractivity contribution in [3.8, 4) is 0 Å². The minimum Gasteiger partial charge on any atom is -0.851 e. The molecule has 0 aromatic rings. The Morgan fingerprint density at radius 2 is 0.914 bits per heavy atom. The van der Waals surface area contributed by atoms with Gasteiger partial charge in [-0.2, -0.15) is 0 Å². The van der Waals surface area contributed by atoms with E-state index in [4.69, 9.17) is 37.9 Å². The molecule has 4 fully saturated rings. The zero-order chi connectivity index (χ0) is 50.0. The second-order valence-corrected chi connectivity index (χ2v) is 17.7. The summed E-state index contributed by atoms with van der Waals surface area (Å²) in [5, 5.41) is 95.5. The summed E-state index contributed by atoms with van der Waals surface area (Å²) in [7, 11) is -16.3. The van der Waals surface area contributed by atoms with E-state index < -0.39 is 191 Å². The van der Waals surface area contributed by atoms with Gasteiger partial charge in [-0.3, -0.25) is 22.1 Å². The van der Waals surface area contributed by atoms with Gasteiger partial charge in [0.15, 0.2) is 12.6 Å². The molecule has 4 aliphatic rings. The summed E-state index contributed by atoms with van der Waals surface area (Å²) in [5.74, 6) is -6.76. The molecule has 4 aliphatic heterocycles. The van der Waals surface area contributed by atoms with Crippen molar-refractivity contribution >= 4 is 54.9 Å². The normalized spacial score (nSPS) is 37.9. The molecule has 33 nitrogen and oxygen atoms in total. The van der Waals surface area contributed by atoms with Gasteiger partial charge in [0, 0.05) is 27.1 Å². The summed E-state index contributed by atoms with van der Waals surface area (Å²) in [6, 6.07) is -4.39. The summed E-state index contributed by atoms with van der Waals surface area (Å²) < 4.78 is 158. The van der Waals surface area contributed by atoms with E-state index in [0.29, 0.717) is 0 Å². The van der Waals surface area contributed by atoms with E-state index in [9.17, 15) is 93.8 Å². The molecule has 20 atom stereocenters. The molecule has 0 aromatic heterocycles. The third kappa shape index (κ3) is 19.5. The van der Waals surface area contributed by atoms with E-state index in [2.05, 4.69) is 12.5 Å². The molecule has 2 N–H and O–H groups in total. The van der Waals surface area contributed by atoms with Crippen molar-refractivity contribution in [1.29, 1.82) is 0 Å². The number of carbonyl (C=O) groups is 4. The summed E-state index contributed by atoms with van der Waals surface area (Å²) in [5.41, 5.74) is 0. The molecule has 70 heavy (non-hydrogen) atoms. The van der Waals surface area contributed by atoms with Crippen molar-refractivity contribution < 1.29 is 263 Å². The third-order valence-electron chi connectivity index (χ3n) is 9.89. The zero-order valence-electron chi connectivity index (χ0n) is 37.8. The first-order valence-corrected chi connectivity index (χ1v) is 22.5. The molecule has 4 saturated heterocycles. The topological polar surface area (TPSA) is 527 Å². The van der Waals surface area contributed by atoms with E-state index in [-0.39, 0.29) is 118 Å². The molecule has 0 bridgehead atoms. The number of carbonyl (C=O) groups excluding carboxylic acids is 4. The van der Waals surface area contributed by atoms with Crippen molar-refractivity contribution in [2.24, 2.45) is 0 Å². The molecule has 0 spiro atoms. The van der Waals surface area contributed by atoms with Crippen molar-refractivity contribution in [2.45, 2.75) is 143 Å². The minimum absolute atomic E-state index is 0. The standard InChI is InChI=1S/C30H43N2O31S3.4Na/c1-7-14(35)16(37)22(24(56-7)26(40)41)60-28-12(31-8(2)33)15(36)19(10(57-28)5-54-64(44,45)46)59-30-18(39)17(38)23(25(62-30)27(42)43)61-29-13(32-9(3)34)21(63-66(50,51)52)20(53-4)11(58-29)6-55-65(47,48)49;;;;/h7,10-25,28-30H,5-6H2,1-4H3,(H,31,33)(H,32,34)(H,40,41)(H,42,43)(H,44,45,46)(H,47,48,49)(H,50,51,52);;;;/q-5;4*+1/p-5. The Hall–Kier alpha value is 0.970. The minimum atomic E-state index is -5.83. The van der Waals surface area contributed by atoms with Crippen LogP contribution in [0.1, 0.15) is 20.8 Å². The molecule has 382 valence electrons. The number of nitrogens with one attached hydrogen (secondary N) is 2. The van der Waals surface area contributed by atoms with Gasteiger partial charge in [-0.05, 0) is 6.92 Å². The Morgan fingerprint density at radius 3 is 1.33 bits per heavy atom. The van der Waals surface area contributed by atoms with Gasteiger partial charge in [-0.15, -0.1) is 18.3 Å². The fraction of sp³-hybridized carbons (Fsp3) is 0.867. The van der Waals surface area contributed by atoms with Gasteiger partial charge >= 0.3 is 118 Å².